The van der Waals surface area contributed by atoms with Crippen LogP contribution >= 0.6 is 21.0 Å². The number of carbonyl (C=O) groups is 2. The van der Waals surface area contributed by atoms with Crippen LogP contribution in [0.1, 0.15) is 62.3 Å². The Hall–Kier alpha value is -2.92. The van der Waals surface area contributed by atoms with E-state index in [0.717, 1.165) is 6.42 Å². The molecule has 0 saturated heterocycles. The third-order valence-corrected chi connectivity index (χ3v) is 8.18. The summed E-state index contributed by atoms with van der Waals surface area (Å²) in [4.78, 5) is 39.9. The molecule has 0 aromatic carbocycles. The van der Waals surface area contributed by atoms with Gasteiger partial charge in [0.05, 0.1) is 6.67 Å². The number of thioether (sulfide) groups is 1. The van der Waals surface area contributed by atoms with Gasteiger partial charge in [-0.05, 0) is 48.7 Å². The van der Waals surface area contributed by atoms with Crippen molar-refractivity contribution in [2.45, 2.75) is 46.3 Å². The van der Waals surface area contributed by atoms with Crippen LogP contribution in [0.3, 0.4) is 0 Å². The first-order chi connectivity index (χ1) is 20.5. The van der Waals surface area contributed by atoms with Gasteiger partial charge in [0.2, 0.25) is 11.3 Å². The van der Waals surface area contributed by atoms with Crippen LogP contribution in [-0.2, 0) is 4.79 Å². The molecule has 13 heteroatoms. The van der Waals surface area contributed by atoms with E-state index in [2.05, 4.69) is 26.5 Å². The predicted molar refractivity (Wildman–Crippen MR) is 175 cm³/mol. The third kappa shape index (κ3) is 10.3. The first-order valence-electron chi connectivity index (χ1n) is 14.3. The fourth-order valence-corrected chi connectivity index (χ4v) is 5.05. The number of nitrogens with zero attached hydrogens (tertiary/aromatic N) is 3. The summed E-state index contributed by atoms with van der Waals surface area (Å²) in [7, 11) is 2.45. The van der Waals surface area contributed by atoms with E-state index in [0.29, 0.717) is 37.8 Å². The first kappa shape index (κ1) is 36.3. The summed E-state index contributed by atoms with van der Waals surface area (Å²) >= 11 is 1.54. The molecule has 0 aliphatic carbocycles. The van der Waals surface area contributed by atoms with Crippen molar-refractivity contribution in [1.29, 1.82) is 0 Å². The minimum absolute atomic E-state index is 0.0395. The molecule has 0 bridgehead atoms. The second-order valence-corrected chi connectivity index (χ2v) is 11.7. The molecule has 238 valence electrons. The zero-order valence-electron chi connectivity index (χ0n) is 25.4. The summed E-state index contributed by atoms with van der Waals surface area (Å²) in [6.07, 6.45) is 10.1. The van der Waals surface area contributed by atoms with E-state index in [4.69, 9.17) is 0 Å². The molecule has 1 aromatic heterocycles. The van der Waals surface area contributed by atoms with E-state index in [1.165, 1.54) is 34.8 Å². The van der Waals surface area contributed by atoms with Gasteiger partial charge in [-0.25, -0.2) is 4.39 Å². The van der Waals surface area contributed by atoms with Gasteiger partial charge in [-0.1, -0.05) is 32.1 Å². The van der Waals surface area contributed by atoms with Gasteiger partial charge >= 0.3 is 0 Å². The highest BCUT2D eigenvalue weighted by atomic mass is 32.2. The molecule has 4 N–H and O–H groups in total. The molecule has 2 heterocycles. The van der Waals surface area contributed by atoms with Crippen molar-refractivity contribution in [3.8, 4) is 5.75 Å². The van der Waals surface area contributed by atoms with Crippen LogP contribution < -0.4 is 21.1 Å². The fourth-order valence-electron chi connectivity index (χ4n) is 4.41. The van der Waals surface area contributed by atoms with Gasteiger partial charge in [-0.3, -0.25) is 29.0 Å². The normalized spacial score (nSPS) is 17.5. The number of hydrogen-bond acceptors (Lipinski definition) is 8. The SMILES string of the molecule is C=CC(/C=C\SC)CN1CN(CCCNC(=O)CCC)C(O)c2c(O)c(=O)c(C(=O)NCC(C)/C(P)=C\C(F)=C/C)cn21. The zero-order chi connectivity index (χ0) is 32.1. The standard InChI is InChI=1S/C30H45FN5O5PS/c1-6-10-25(37)32-12-9-13-34-19-35(17-21(7-2)11-14-43-5)36-18-23(27(38)28(39)26(36)30(34)41)29(40)33-16-20(4)24(42)15-22(31)8-3/h7-8,11,14-15,18,20-21,30,39,41H,2,6,9-10,12-13,16-17,19,42H2,1,3-5H3,(H,32,37)(H,33,40)/b14-11-,22-8+,24-15+. The average molecular weight is 638 g/mol. The van der Waals surface area contributed by atoms with E-state index in [1.807, 2.05) is 29.7 Å². The molecule has 0 radical (unpaired) electrons. The number of aliphatic hydroxyl groups is 1. The molecule has 1 aliphatic heterocycles. The zero-order valence-corrected chi connectivity index (χ0v) is 27.4. The summed E-state index contributed by atoms with van der Waals surface area (Å²) in [5.41, 5.74) is -1.25. The number of fused-ring (bicyclic) bond motifs is 1. The van der Waals surface area contributed by atoms with Crippen LogP contribution in [0.2, 0.25) is 0 Å². The highest BCUT2D eigenvalue weighted by Gasteiger charge is 2.35. The lowest BCUT2D eigenvalue weighted by Gasteiger charge is -2.43. The minimum atomic E-state index is -1.33. The lowest BCUT2D eigenvalue weighted by molar-refractivity contribution is -0.121. The monoisotopic (exact) mass is 637 g/mol. The summed E-state index contributed by atoms with van der Waals surface area (Å²) in [6, 6.07) is 0. The Labute approximate surface area is 260 Å². The number of aromatic hydroxyl groups is 1. The summed E-state index contributed by atoms with van der Waals surface area (Å²) in [5, 5.41) is 32.2. The summed E-state index contributed by atoms with van der Waals surface area (Å²) in [5.74, 6) is -2.23. The largest absolute Gasteiger partial charge is 0.503 e. The van der Waals surface area contributed by atoms with Crippen LogP contribution in [0.4, 0.5) is 4.39 Å². The van der Waals surface area contributed by atoms with Crippen molar-refractivity contribution >= 4 is 32.8 Å². The molecule has 2 rings (SSSR count). The van der Waals surface area contributed by atoms with Crippen LogP contribution in [0.5, 0.6) is 5.75 Å². The summed E-state index contributed by atoms with van der Waals surface area (Å²) < 4.78 is 15.1. The van der Waals surface area contributed by atoms with E-state index in [-0.39, 0.29) is 42.2 Å². The van der Waals surface area contributed by atoms with Crippen molar-refractivity contribution < 1.29 is 24.2 Å². The number of pyridine rings is 1. The molecular weight excluding hydrogens is 592 g/mol. The van der Waals surface area contributed by atoms with Gasteiger partial charge in [-0.15, -0.1) is 27.6 Å². The Balaban J connectivity index is 2.38. The fraction of sp³-hybridized carbons (Fsp3) is 0.500. The summed E-state index contributed by atoms with van der Waals surface area (Å²) in [6.45, 7) is 10.7. The van der Waals surface area contributed by atoms with E-state index >= 15 is 0 Å². The number of aromatic nitrogens is 1. The predicted octanol–water partition coefficient (Wildman–Crippen LogP) is 3.74. The molecule has 4 atom stereocenters. The number of nitrogens with one attached hydrogen (secondary N) is 2. The Morgan fingerprint density at radius 1 is 1.35 bits per heavy atom. The van der Waals surface area contributed by atoms with Crippen molar-refractivity contribution in [3.05, 3.63) is 75.1 Å². The molecule has 1 aliphatic rings. The van der Waals surface area contributed by atoms with E-state index in [9.17, 15) is 29.0 Å². The van der Waals surface area contributed by atoms with Gasteiger partial charge < -0.3 is 20.8 Å². The Morgan fingerprint density at radius 2 is 2.07 bits per heavy atom. The minimum Gasteiger partial charge on any atom is -0.503 e. The van der Waals surface area contributed by atoms with Gasteiger partial charge in [-0.2, -0.15) is 0 Å². The van der Waals surface area contributed by atoms with Crippen molar-refractivity contribution in [2.24, 2.45) is 11.8 Å². The van der Waals surface area contributed by atoms with Crippen molar-refractivity contribution in [3.63, 3.8) is 0 Å². The molecule has 43 heavy (non-hydrogen) atoms. The molecule has 4 unspecified atom stereocenters. The molecule has 0 fully saturated rings. The van der Waals surface area contributed by atoms with E-state index in [1.54, 1.807) is 24.8 Å². The Bertz CT molecular complexity index is 1280. The van der Waals surface area contributed by atoms with E-state index < -0.39 is 29.1 Å². The van der Waals surface area contributed by atoms with Gasteiger partial charge in [0, 0.05) is 44.7 Å². The molecule has 10 nitrogen and oxygen atoms in total. The number of halogens is 1. The average Bonchev–Trinajstić information content (AvgIpc) is 2.98. The third-order valence-electron chi connectivity index (χ3n) is 7.01. The highest BCUT2D eigenvalue weighted by molar-refractivity contribution is 8.01. The second-order valence-electron chi connectivity index (χ2n) is 10.3. The van der Waals surface area contributed by atoms with Crippen LogP contribution in [-0.4, -0.2) is 70.7 Å². The lowest BCUT2D eigenvalue weighted by Crippen LogP contribution is -2.54. The van der Waals surface area contributed by atoms with Gasteiger partial charge in [0.15, 0.2) is 12.0 Å². The molecule has 1 aromatic rings. The first-order valence-corrected chi connectivity index (χ1v) is 16.2. The van der Waals surface area contributed by atoms with Crippen molar-refractivity contribution in [2.75, 3.05) is 44.1 Å². The molecule has 0 spiro atoms. The number of aliphatic hydroxyl groups excluding tert-OH is 1. The van der Waals surface area contributed by atoms with Gasteiger partial charge in [0.1, 0.15) is 17.1 Å². The number of carbonyl (C=O) groups excluding carboxylic acids is 2. The van der Waals surface area contributed by atoms with Crippen molar-refractivity contribution in [1.82, 2.24) is 20.2 Å². The number of amides is 2. The Kier molecular flexibility index (Phi) is 15.2. The van der Waals surface area contributed by atoms with Crippen LogP contribution in [0.15, 0.2) is 58.4 Å². The maximum Gasteiger partial charge on any atom is 0.257 e. The second kappa shape index (κ2) is 18.0. The number of allylic oxidation sites excluding steroid dienone is 3. The topological polar surface area (TPSA) is 127 Å². The van der Waals surface area contributed by atoms with Gasteiger partial charge in [0.25, 0.3) is 5.91 Å². The number of rotatable bonds is 16. The van der Waals surface area contributed by atoms with Crippen LogP contribution in [0.25, 0.3) is 0 Å². The maximum absolute atomic E-state index is 13.6. The quantitative estimate of drug-likeness (QED) is 0.0935. The Morgan fingerprint density at radius 3 is 2.70 bits per heavy atom. The maximum atomic E-state index is 13.6. The number of hydrogen-bond donors (Lipinski definition) is 4. The highest BCUT2D eigenvalue weighted by Crippen LogP contribution is 2.30. The van der Waals surface area contributed by atoms with Crippen LogP contribution in [0, 0.1) is 11.8 Å². The smallest absolute Gasteiger partial charge is 0.257 e. The molecule has 0 saturated carbocycles. The molecule has 2 amide bonds. The lowest BCUT2D eigenvalue weighted by atomic mass is 10.1. The molecular formula is C30H45FN5O5PS.